The molecule has 0 saturated carbocycles. The number of rotatable bonds is 4. The zero-order chi connectivity index (χ0) is 17.3. The zero-order valence-electron chi connectivity index (χ0n) is 14.0. The van der Waals surface area contributed by atoms with Crippen molar-refractivity contribution in [2.24, 2.45) is 0 Å². The lowest BCUT2D eigenvalue weighted by Gasteiger charge is -2.27. The minimum Gasteiger partial charge on any atom is -0.329 e. The molecular formula is C18H22F3N3. The molecule has 1 aliphatic rings. The molecule has 1 aromatic heterocycles. The number of hydrogen-bond acceptors (Lipinski definition) is 2. The molecule has 1 unspecified atom stereocenters. The summed E-state index contributed by atoms with van der Waals surface area (Å²) in [5, 5.41) is 3.52. The van der Waals surface area contributed by atoms with Crippen molar-refractivity contribution in [2.75, 3.05) is 6.54 Å². The molecule has 0 aliphatic carbocycles. The van der Waals surface area contributed by atoms with Crippen LogP contribution in [-0.2, 0) is 25.6 Å². The molecule has 2 heterocycles. The molecule has 0 amide bonds. The van der Waals surface area contributed by atoms with Crippen LogP contribution in [0, 0.1) is 6.92 Å². The van der Waals surface area contributed by atoms with Gasteiger partial charge in [-0.3, -0.25) is 0 Å². The zero-order valence-corrected chi connectivity index (χ0v) is 14.0. The molecule has 0 bridgehead atoms. The van der Waals surface area contributed by atoms with Crippen LogP contribution in [-0.4, -0.2) is 16.1 Å². The number of halogens is 3. The van der Waals surface area contributed by atoms with Gasteiger partial charge in [-0.25, -0.2) is 4.98 Å². The fourth-order valence-corrected chi connectivity index (χ4v) is 3.46. The molecule has 24 heavy (non-hydrogen) atoms. The molecule has 1 atom stereocenters. The third-order valence-corrected chi connectivity index (χ3v) is 4.65. The second-order valence-electron chi connectivity index (χ2n) is 6.24. The van der Waals surface area contributed by atoms with E-state index in [9.17, 15) is 13.2 Å². The number of alkyl halides is 3. The maximum atomic E-state index is 12.6. The van der Waals surface area contributed by atoms with E-state index in [1.54, 1.807) is 12.1 Å². The van der Waals surface area contributed by atoms with Crippen molar-refractivity contribution >= 4 is 0 Å². The van der Waals surface area contributed by atoms with E-state index in [0.29, 0.717) is 0 Å². The van der Waals surface area contributed by atoms with Crippen LogP contribution in [0.5, 0.6) is 0 Å². The number of aryl methyl sites for hydroxylation is 3. The minimum atomic E-state index is -4.27. The maximum Gasteiger partial charge on any atom is 0.416 e. The first-order valence-electron chi connectivity index (χ1n) is 8.35. The van der Waals surface area contributed by atoms with E-state index in [0.717, 1.165) is 61.6 Å². The van der Waals surface area contributed by atoms with Gasteiger partial charge in [0, 0.05) is 25.6 Å². The van der Waals surface area contributed by atoms with Gasteiger partial charge in [-0.15, -0.1) is 0 Å². The highest BCUT2D eigenvalue weighted by molar-refractivity contribution is 5.26. The lowest BCUT2D eigenvalue weighted by atomic mass is 9.99. The van der Waals surface area contributed by atoms with Crippen molar-refractivity contribution < 1.29 is 13.2 Å². The maximum absolute atomic E-state index is 12.6. The third-order valence-electron chi connectivity index (χ3n) is 4.65. The smallest absolute Gasteiger partial charge is 0.329 e. The van der Waals surface area contributed by atoms with Crippen LogP contribution < -0.4 is 5.32 Å². The quantitative estimate of drug-likeness (QED) is 0.912. The number of fused-ring (bicyclic) bond motifs is 1. The molecule has 0 fully saturated rings. The van der Waals surface area contributed by atoms with E-state index >= 15 is 0 Å². The molecule has 1 aromatic carbocycles. The van der Waals surface area contributed by atoms with E-state index in [-0.39, 0.29) is 6.04 Å². The highest BCUT2D eigenvalue weighted by atomic mass is 19.4. The first kappa shape index (κ1) is 17.0. The summed E-state index contributed by atoms with van der Waals surface area (Å²) < 4.78 is 40.2. The lowest BCUT2D eigenvalue weighted by Crippen LogP contribution is -2.34. The molecule has 3 rings (SSSR count). The first-order chi connectivity index (χ1) is 11.4. The summed E-state index contributed by atoms with van der Waals surface area (Å²) in [6.45, 7) is 5.96. The molecule has 130 valence electrons. The van der Waals surface area contributed by atoms with Crippen LogP contribution in [0.15, 0.2) is 24.3 Å². The van der Waals surface area contributed by atoms with Gasteiger partial charge in [-0.2, -0.15) is 13.2 Å². The summed E-state index contributed by atoms with van der Waals surface area (Å²) >= 11 is 0. The Morgan fingerprint density at radius 2 is 1.96 bits per heavy atom. The van der Waals surface area contributed by atoms with Gasteiger partial charge >= 0.3 is 6.18 Å². The van der Waals surface area contributed by atoms with Gasteiger partial charge in [-0.1, -0.05) is 19.1 Å². The summed E-state index contributed by atoms with van der Waals surface area (Å²) in [7, 11) is 0. The SMILES string of the molecule is CCc1nc(C)c2n1CCNC2CCc1ccc(C(F)(F)F)cc1. The van der Waals surface area contributed by atoms with E-state index < -0.39 is 11.7 Å². The Kier molecular flexibility index (Phi) is 4.67. The Bertz CT molecular complexity index is 702. The van der Waals surface area contributed by atoms with Crippen LogP contribution in [0.4, 0.5) is 13.2 Å². The lowest BCUT2D eigenvalue weighted by molar-refractivity contribution is -0.137. The van der Waals surface area contributed by atoms with Crippen LogP contribution >= 0.6 is 0 Å². The van der Waals surface area contributed by atoms with Gasteiger partial charge in [0.15, 0.2) is 0 Å². The second kappa shape index (κ2) is 6.59. The van der Waals surface area contributed by atoms with Gasteiger partial charge < -0.3 is 9.88 Å². The number of hydrogen-bond donors (Lipinski definition) is 1. The summed E-state index contributed by atoms with van der Waals surface area (Å²) in [6.07, 6.45) is -1.78. The monoisotopic (exact) mass is 337 g/mol. The van der Waals surface area contributed by atoms with Gasteiger partial charge in [0.05, 0.1) is 17.0 Å². The van der Waals surface area contributed by atoms with E-state index in [1.165, 1.54) is 5.69 Å². The summed E-state index contributed by atoms with van der Waals surface area (Å²) in [4.78, 5) is 4.65. The highest BCUT2D eigenvalue weighted by Crippen LogP contribution is 2.30. The Morgan fingerprint density at radius 1 is 1.25 bits per heavy atom. The largest absolute Gasteiger partial charge is 0.416 e. The van der Waals surface area contributed by atoms with Gasteiger partial charge in [-0.05, 0) is 37.5 Å². The second-order valence-corrected chi connectivity index (χ2v) is 6.24. The third kappa shape index (κ3) is 3.34. The molecule has 0 spiro atoms. The van der Waals surface area contributed by atoms with Gasteiger partial charge in [0.2, 0.25) is 0 Å². The standard InChI is InChI=1S/C18H22F3N3/c1-3-16-23-12(2)17-15(22-10-11-24(16)17)9-6-13-4-7-14(8-5-13)18(19,20)21/h4-5,7-8,15,22H,3,6,9-11H2,1-2H3. The number of benzene rings is 1. The molecule has 6 heteroatoms. The molecule has 0 saturated heterocycles. The molecular weight excluding hydrogens is 315 g/mol. The van der Waals surface area contributed by atoms with Crippen molar-refractivity contribution in [3.63, 3.8) is 0 Å². The Morgan fingerprint density at radius 3 is 2.58 bits per heavy atom. The topological polar surface area (TPSA) is 29.9 Å². The van der Waals surface area contributed by atoms with Crippen LogP contribution in [0.25, 0.3) is 0 Å². The Labute approximate surface area is 139 Å². The predicted octanol–water partition coefficient (Wildman–Crippen LogP) is 4.05. The van der Waals surface area contributed by atoms with Gasteiger partial charge in [0.1, 0.15) is 5.82 Å². The fourth-order valence-electron chi connectivity index (χ4n) is 3.46. The van der Waals surface area contributed by atoms with E-state index in [2.05, 4.69) is 21.8 Å². The highest BCUT2D eigenvalue weighted by Gasteiger charge is 2.30. The predicted molar refractivity (Wildman–Crippen MR) is 86.9 cm³/mol. The minimum absolute atomic E-state index is 0.203. The van der Waals surface area contributed by atoms with Crippen LogP contribution in [0.3, 0.4) is 0 Å². The average Bonchev–Trinajstić information content (AvgIpc) is 2.89. The van der Waals surface area contributed by atoms with Crippen LogP contribution in [0.1, 0.15) is 47.7 Å². The molecule has 3 nitrogen and oxygen atoms in total. The van der Waals surface area contributed by atoms with Crippen molar-refractivity contribution in [1.29, 1.82) is 0 Å². The number of imidazole rings is 1. The molecule has 1 N–H and O–H groups in total. The van der Waals surface area contributed by atoms with Crippen molar-refractivity contribution in [3.8, 4) is 0 Å². The number of nitrogens with zero attached hydrogens (tertiary/aromatic N) is 2. The van der Waals surface area contributed by atoms with Crippen LogP contribution in [0.2, 0.25) is 0 Å². The van der Waals surface area contributed by atoms with E-state index in [1.807, 2.05) is 6.92 Å². The number of nitrogens with one attached hydrogen (secondary N) is 1. The van der Waals surface area contributed by atoms with Crippen molar-refractivity contribution in [3.05, 3.63) is 52.6 Å². The summed E-state index contributed by atoms with van der Waals surface area (Å²) in [5.74, 6) is 1.11. The number of aromatic nitrogens is 2. The van der Waals surface area contributed by atoms with Crippen molar-refractivity contribution in [1.82, 2.24) is 14.9 Å². The normalized spacial score (nSPS) is 17.8. The summed E-state index contributed by atoms with van der Waals surface area (Å²) in [6, 6.07) is 5.68. The molecule has 2 aromatic rings. The Balaban J connectivity index is 1.71. The molecule has 0 radical (unpaired) electrons. The Hall–Kier alpha value is -1.82. The van der Waals surface area contributed by atoms with E-state index in [4.69, 9.17) is 0 Å². The van der Waals surface area contributed by atoms with Crippen molar-refractivity contribution in [2.45, 2.75) is 51.9 Å². The average molecular weight is 337 g/mol. The fraction of sp³-hybridized carbons (Fsp3) is 0.500. The van der Waals surface area contributed by atoms with Gasteiger partial charge in [0.25, 0.3) is 0 Å². The molecule has 1 aliphatic heterocycles. The summed E-state index contributed by atoms with van der Waals surface area (Å²) in [5.41, 5.74) is 2.61. The first-order valence-corrected chi connectivity index (χ1v) is 8.35.